The Labute approximate surface area is 131 Å². The van der Waals surface area contributed by atoms with Crippen LogP contribution in [0.4, 0.5) is 0 Å². The summed E-state index contributed by atoms with van der Waals surface area (Å²) < 4.78 is 11.4. The van der Waals surface area contributed by atoms with Crippen molar-refractivity contribution in [2.24, 2.45) is 0 Å². The van der Waals surface area contributed by atoms with Gasteiger partial charge in [-0.05, 0) is 51.5 Å². The van der Waals surface area contributed by atoms with Gasteiger partial charge in [0.25, 0.3) is 5.91 Å². The first kappa shape index (κ1) is 16.1. The maximum Gasteiger partial charge on any atom is 0.263 e. The van der Waals surface area contributed by atoms with Gasteiger partial charge in [0.05, 0.1) is 12.2 Å². The summed E-state index contributed by atoms with van der Waals surface area (Å²) in [6.45, 7) is 8.85. The molecule has 1 fully saturated rings. The zero-order valence-electron chi connectivity index (χ0n) is 12.9. The smallest absolute Gasteiger partial charge is 0.263 e. The number of aryl methyl sites for hydroxylation is 1. The van der Waals surface area contributed by atoms with Gasteiger partial charge >= 0.3 is 0 Å². The minimum absolute atomic E-state index is 0.00963. The topological polar surface area (TPSA) is 38.8 Å². The summed E-state index contributed by atoms with van der Waals surface area (Å²) in [5.41, 5.74) is 0.933. The van der Waals surface area contributed by atoms with Crippen molar-refractivity contribution in [3.63, 3.8) is 0 Å². The van der Waals surface area contributed by atoms with E-state index in [0.717, 1.165) is 5.56 Å². The molecule has 2 rings (SSSR count). The van der Waals surface area contributed by atoms with Gasteiger partial charge in [-0.3, -0.25) is 4.79 Å². The van der Waals surface area contributed by atoms with Crippen molar-refractivity contribution in [2.45, 2.75) is 46.0 Å². The van der Waals surface area contributed by atoms with E-state index in [2.05, 4.69) is 0 Å². The number of morpholine rings is 1. The first-order chi connectivity index (χ1) is 9.86. The highest BCUT2D eigenvalue weighted by molar-refractivity contribution is 6.31. The SMILES string of the molecule is Cc1cc(O[C@@H](C)C(=O)N2C[C@@H](C)O[C@H](C)C2)ccc1Cl. The number of benzene rings is 1. The Morgan fingerprint density at radius 3 is 2.57 bits per heavy atom. The van der Waals surface area contributed by atoms with Crippen LogP contribution in [0.1, 0.15) is 26.3 Å². The van der Waals surface area contributed by atoms with Crippen molar-refractivity contribution in [3.8, 4) is 5.75 Å². The first-order valence-electron chi connectivity index (χ1n) is 7.24. The zero-order chi connectivity index (χ0) is 15.6. The molecule has 0 radical (unpaired) electrons. The Balaban J connectivity index is 2.00. The van der Waals surface area contributed by atoms with E-state index in [1.807, 2.05) is 31.7 Å². The van der Waals surface area contributed by atoms with Crippen LogP contribution in [0.3, 0.4) is 0 Å². The average Bonchev–Trinajstić information content (AvgIpc) is 2.41. The highest BCUT2D eigenvalue weighted by atomic mass is 35.5. The molecule has 0 saturated carbocycles. The van der Waals surface area contributed by atoms with Gasteiger partial charge in [0.1, 0.15) is 5.75 Å². The van der Waals surface area contributed by atoms with E-state index >= 15 is 0 Å². The van der Waals surface area contributed by atoms with Gasteiger partial charge in [0, 0.05) is 18.1 Å². The van der Waals surface area contributed by atoms with Crippen LogP contribution < -0.4 is 4.74 Å². The number of amides is 1. The van der Waals surface area contributed by atoms with Crippen LogP contribution in [0, 0.1) is 6.92 Å². The van der Waals surface area contributed by atoms with Crippen LogP contribution in [-0.4, -0.2) is 42.2 Å². The van der Waals surface area contributed by atoms with Gasteiger partial charge in [0.2, 0.25) is 0 Å². The molecule has 0 spiro atoms. The van der Waals surface area contributed by atoms with Crippen LogP contribution in [0.2, 0.25) is 5.02 Å². The number of ether oxygens (including phenoxy) is 2. The molecule has 4 nitrogen and oxygen atoms in total. The number of carbonyl (C=O) groups is 1. The fourth-order valence-corrected chi connectivity index (χ4v) is 2.68. The molecule has 0 N–H and O–H groups in total. The Hall–Kier alpha value is -1.26. The lowest BCUT2D eigenvalue weighted by molar-refractivity contribution is -0.149. The third-order valence-electron chi connectivity index (χ3n) is 3.52. The van der Waals surface area contributed by atoms with Gasteiger partial charge in [-0.15, -0.1) is 0 Å². The number of hydrogen-bond acceptors (Lipinski definition) is 3. The summed E-state index contributed by atoms with van der Waals surface area (Å²) in [5.74, 6) is 0.650. The summed E-state index contributed by atoms with van der Waals surface area (Å²) in [4.78, 5) is 14.3. The summed E-state index contributed by atoms with van der Waals surface area (Å²) >= 11 is 5.99. The standard InChI is InChI=1S/C16H22ClNO3/c1-10-7-14(5-6-15(10)17)21-13(4)16(19)18-8-11(2)20-12(3)9-18/h5-7,11-13H,8-9H2,1-4H3/t11-,12-,13+/m1/s1. The quantitative estimate of drug-likeness (QED) is 0.861. The summed E-state index contributed by atoms with van der Waals surface area (Å²) in [6.07, 6.45) is -0.409. The van der Waals surface area contributed by atoms with Gasteiger partial charge in [-0.25, -0.2) is 0 Å². The monoisotopic (exact) mass is 311 g/mol. The zero-order valence-corrected chi connectivity index (χ0v) is 13.7. The molecule has 1 aliphatic heterocycles. The summed E-state index contributed by atoms with van der Waals surface area (Å²) in [7, 11) is 0. The Kier molecular flexibility index (Phi) is 5.12. The van der Waals surface area contributed by atoms with Crippen molar-refractivity contribution < 1.29 is 14.3 Å². The van der Waals surface area contributed by atoms with Crippen molar-refractivity contribution in [1.29, 1.82) is 0 Å². The van der Waals surface area contributed by atoms with Gasteiger partial charge in [-0.2, -0.15) is 0 Å². The van der Waals surface area contributed by atoms with Crippen molar-refractivity contribution >= 4 is 17.5 Å². The molecule has 0 aliphatic carbocycles. The molecule has 5 heteroatoms. The molecule has 116 valence electrons. The lowest BCUT2D eigenvalue weighted by atomic mass is 10.2. The third kappa shape index (κ3) is 4.11. The second kappa shape index (κ2) is 6.67. The summed E-state index contributed by atoms with van der Waals surface area (Å²) in [5, 5.41) is 0.692. The predicted octanol–water partition coefficient (Wildman–Crippen LogP) is 3.05. The molecule has 1 amide bonds. The Bertz CT molecular complexity index is 510. The van der Waals surface area contributed by atoms with Crippen LogP contribution in [0.15, 0.2) is 18.2 Å². The molecule has 1 heterocycles. The van der Waals surface area contributed by atoms with E-state index in [-0.39, 0.29) is 18.1 Å². The van der Waals surface area contributed by atoms with Crippen LogP contribution >= 0.6 is 11.6 Å². The molecule has 21 heavy (non-hydrogen) atoms. The number of hydrogen-bond donors (Lipinski definition) is 0. The molecular weight excluding hydrogens is 290 g/mol. The first-order valence-corrected chi connectivity index (χ1v) is 7.61. The fraction of sp³-hybridized carbons (Fsp3) is 0.562. The van der Waals surface area contributed by atoms with Gasteiger partial charge in [-0.1, -0.05) is 11.6 Å². The second-order valence-electron chi connectivity index (χ2n) is 5.67. The normalized spacial score (nSPS) is 23.8. The molecule has 3 atom stereocenters. The van der Waals surface area contributed by atoms with Gasteiger partial charge < -0.3 is 14.4 Å². The molecule has 0 aromatic heterocycles. The van der Waals surface area contributed by atoms with Gasteiger partial charge in [0.15, 0.2) is 6.10 Å². The molecule has 1 saturated heterocycles. The van der Waals surface area contributed by atoms with E-state index < -0.39 is 6.10 Å². The van der Waals surface area contributed by atoms with E-state index in [4.69, 9.17) is 21.1 Å². The maximum absolute atomic E-state index is 12.5. The molecule has 1 aromatic rings. The number of carbonyl (C=O) groups excluding carboxylic acids is 1. The van der Waals surface area contributed by atoms with Crippen LogP contribution in [0.5, 0.6) is 5.75 Å². The second-order valence-corrected chi connectivity index (χ2v) is 6.08. The van der Waals surface area contributed by atoms with Crippen molar-refractivity contribution in [1.82, 2.24) is 4.90 Å². The Morgan fingerprint density at radius 2 is 2.00 bits per heavy atom. The largest absolute Gasteiger partial charge is 0.481 e. The molecule has 0 unspecified atom stereocenters. The number of halogens is 1. The van der Waals surface area contributed by atoms with E-state index in [9.17, 15) is 4.79 Å². The molecule has 1 aromatic carbocycles. The summed E-state index contributed by atoms with van der Waals surface area (Å²) in [6, 6.07) is 5.41. The average molecular weight is 312 g/mol. The lowest BCUT2D eigenvalue weighted by Gasteiger charge is -2.36. The highest BCUT2D eigenvalue weighted by Gasteiger charge is 2.29. The van der Waals surface area contributed by atoms with Crippen LogP contribution in [0.25, 0.3) is 0 Å². The number of nitrogens with zero attached hydrogens (tertiary/aromatic N) is 1. The van der Waals surface area contributed by atoms with E-state index in [0.29, 0.717) is 23.9 Å². The van der Waals surface area contributed by atoms with Crippen LogP contribution in [-0.2, 0) is 9.53 Å². The molecule has 0 bridgehead atoms. The van der Waals surface area contributed by atoms with Crippen molar-refractivity contribution in [2.75, 3.05) is 13.1 Å². The van der Waals surface area contributed by atoms with E-state index in [1.54, 1.807) is 19.1 Å². The fourth-order valence-electron chi connectivity index (χ4n) is 2.56. The third-order valence-corrected chi connectivity index (χ3v) is 3.95. The maximum atomic E-state index is 12.5. The molecule has 1 aliphatic rings. The van der Waals surface area contributed by atoms with Crippen molar-refractivity contribution in [3.05, 3.63) is 28.8 Å². The highest BCUT2D eigenvalue weighted by Crippen LogP contribution is 2.22. The predicted molar refractivity (Wildman–Crippen MR) is 82.9 cm³/mol. The van der Waals surface area contributed by atoms with E-state index in [1.165, 1.54) is 0 Å². The number of rotatable bonds is 3. The lowest BCUT2D eigenvalue weighted by Crippen LogP contribution is -2.51. The minimum atomic E-state index is -0.525. The minimum Gasteiger partial charge on any atom is -0.481 e. The molecular formula is C16H22ClNO3. The Morgan fingerprint density at radius 1 is 1.38 bits per heavy atom.